The highest BCUT2D eigenvalue weighted by Crippen LogP contribution is 2.20. The van der Waals surface area contributed by atoms with Crippen molar-refractivity contribution in [2.24, 2.45) is 0 Å². The number of carbonyl (C=O) groups excluding carboxylic acids is 3. The van der Waals surface area contributed by atoms with Crippen molar-refractivity contribution in [2.45, 2.75) is 69.1 Å². The van der Waals surface area contributed by atoms with Gasteiger partial charge in [-0.2, -0.15) is 11.8 Å². The van der Waals surface area contributed by atoms with Crippen molar-refractivity contribution >= 4 is 41.4 Å². The Morgan fingerprint density at radius 3 is 2.41 bits per heavy atom. The van der Waals surface area contributed by atoms with E-state index >= 15 is 0 Å². The van der Waals surface area contributed by atoms with Crippen molar-refractivity contribution in [1.82, 2.24) is 20.9 Å². The van der Waals surface area contributed by atoms with Crippen LogP contribution in [0.2, 0.25) is 0 Å². The van der Waals surface area contributed by atoms with E-state index in [1.54, 1.807) is 0 Å². The van der Waals surface area contributed by atoms with Crippen molar-refractivity contribution in [3.8, 4) is 0 Å². The number of nitrogens with one attached hydrogen (secondary N) is 3. The molecule has 0 spiro atoms. The molecule has 0 radical (unpaired) electrons. The Kier molecular flexibility index (Phi) is 10.2. The minimum Gasteiger partial charge on any atom is -0.481 e. The van der Waals surface area contributed by atoms with Crippen LogP contribution < -0.4 is 16.0 Å². The molecule has 0 bridgehead atoms. The fourth-order valence-corrected chi connectivity index (χ4v) is 4.44. The smallest absolute Gasteiger partial charge is 0.326 e. The predicted octanol–water partition coefficient (Wildman–Crippen LogP) is -0.598. The average Bonchev–Trinajstić information content (AvgIpc) is 3.45. The Morgan fingerprint density at radius 1 is 1.06 bits per heavy atom. The summed E-state index contributed by atoms with van der Waals surface area (Å²) in [6.07, 6.45) is 4.07. The van der Waals surface area contributed by atoms with Crippen molar-refractivity contribution in [3.05, 3.63) is 0 Å². The number of likely N-dealkylation sites (tertiary alicyclic amines) is 1. The van der Waals surface area contributed by atoms with Gasteiger partial charge in [-0.05, 0) is 57.1 Å². The minimum atomic E-state index is -1.11. The molecule has 12 heteroatoms. The normalized spacial score (nSPS) is 22.2. The molecule has 180 valence electrons. The molecule has 2 aliphatic heterocycles. The Balaban J connectivity index is 2.11. The predicted molar refractivity (Wildman–Crippen MR) is 117 cm³/mol. The molecule has 2 fully saturated rings. The summed E-state index contributed by atoms with van der Waals surface area (Å²) in [5.41, 5.74) is 0. The van der Waals surface area contributed by atoms with Gasteiger partial charge in [-0.3, -0.25) is 19.2 Å². The number of amides is 3. The molecule has 0 aromatic heterocycles. The molecular weight excluding hydrogens is 440 g/mol. The first-order valence-electron chi connectivity index (χ1n) is 10.8. The number of carbonyl (C=O) groups is 5. The van der Waals surface area contributed by atoms with Crippen LogP contribution in [-0.2, 0) is 24.0 Å². The molecule has 3 amide bonds. The number of carboxylic acids is 2. The Morgan fingerprint density at radius 2 is 1.81 bits per heavy atom. The zero-order valence-electron chi connectivity index (χ0n) is 18.2. The summed E-state index contributed by atoms with van der Waals surface area (Å²) in [5.74, 6) is -3.14. The maximum atomic E-state index is 13.1. The van der Waals surface area contributed by atoms with Gasteiger partial charge in [0.15, 0.2) is 0 Å². The molecule has 2 saturated heterocycles. The van der Waals surface area contributed by atoms with E-state index in [9.17, 15) is 29.1 Å². The van der Waals surface area contributed by atoms with Crippen molar-refractivity contribution in [1.29, 1.82) is 0 Å². The van der Waals surface area contributed by atoms with Gasteiger partial charge in [0, 0.05) is 13.0 Å². The number of aliphatic carboxylic acids is 2. The fraction of sp³-hybridized carbons (Fsp3) is 0.750. The van der Waals surface area contributed by atoms with Crippen LogP contribution in [0.25, 0.3) is 0 Å². The Hall–Kier alpha value is -2.34. The van der Waals surface area contributed by atoms with Crippen LogP contribution in [-0.4, -0.2) is 94.0 Å². The van der Waals surface area contributed by atoms with Crippen LogP contribution in [0.3, 0.4) is 0 Å². The second-order valence-corrected chi connectivity index (χ2v) is 9.00. The van der Waals surface area contributed by atoms with Crippen molar-refractivity contribution < 1.29 is 34.2 Å². The van der Waals surface area contributed by atoms with Gasteiger partial charge in [-0.1, -0.05) is 0 Å². The summed E-state index contributed by atoms with van der Waals surface area (Å²) in [6.45, 7) is 0.990. The standard InChI is InChI=1S/C20H32N4O7S/c1-32-11-8-14(19(29)24-10-3-5-15(24)20(30)31)23-18(28)13(6-7-16(25)26)22-17(27)12-4-2-9-21-12/h12-15,21H,2-11H2,1H3,(H,22,27)(H,23,28)(H,25,26)(H,30,31). The Labute approximate surface area is 191 Å². The summed E-state index contributed by atoms with van der Waals surface area (Å²) in [7, 11) is 0. The maximum absolute atomic E-state index is 13.1. The highest BCUT2D eigenvalue weighted by Gasteiger charge is 2.38. The van der Waals surface area contributed by atoms with E-state index in [1.807, 2.05) is 6.26 Å². The average molecular weight is 473 g/mol. The lowest BCUT2D eigenvalue weighted by molar-refractivity contribution is -0.149. The van der Waals surface area contributed by atoms with E-state index in [2.05, 4.69) is 16.0 Å². The molecule has 0 aromatic carbocycles. The molecule has 2 aliphatic rings. The van der Waals surface area contributed by atoms with Gasteiger partial charge in [-0.15, -0.1) is 0 Å². The van der Waals surface area contributed by atoms with E-state index in [1.165, 1.54) is 16.7 Å². The van der Waals surface area contributed by atoms with E-state index in [4.69, 9.17) is 5.11 Å². The first kappa shape index (κ1) is 25.9. The third-order valence-electron chi connectivity index (χ3n) is 5.70. The van der Waals surface area contributed by atoms with Gasteiger partial charge >= 0.3 is 11.9 Å². The van der Waals surface area contributed by atoms with Crippen LogP contribution >= 0.6 is 11.8 Å². The minimum absolute atomic E-state index is 0.121. The molecular formula is C20H32N4O7S. The van der Waals surface area contributed by atoms with Crippen LogP contribution in [0.15, 0.2) is 0 Å². The zero-order valence-corrected chi connectivity index (χ0v) is 19.0. The number of rotatable bonds is 12. The van der Waals surface area contributed by atoms with Crippen LogP contribution in [0, 0.1) is 0 Å². The molecule has 0 aliphatic carbocycles. The Bertz CT molecular complexity index is 714. The zero-order chi connectivity index (χ0) is 23.7. The van der Waals surface area contributed by atoms with Crippen LogP contribution in [0.5, 0.6) is 0 Å². The topological polar surface area (TPSA) is 165 Å². The molecule has 32 heavy (non-hydrogen) atoms. The number of nitrogens with zero attached hydrogens (tertiary/aromatic N) is 1. The van der Waals surface area contributed by atoms with E-state index < -0.39 is 47.9 Å². The summed E-state index contributed by atoms with van der Waals surface area (Å²) >= 11 is 1.48. The molecule has 5 N–H and O–H groups in total. The lowest BCUT2D eigenvalue weighted by Gasteiger charge is -2.29. The van der Waals surface area contributed by atoms with Crippen LogP contribution in [0.1, 0.15) is 44.9 Å². The van der Waals surface area contributed by atoms with Gasteiger partial charge in [0.2, 0.25) is 17.7 Å². The second-order valence-electron chi connectivity index (χ2n) is 8.01. The van der Waals surface area contributed by atoms with E-state index in [-0.39, 0.29) is 18.7 Å². The van der Waals surface area contributed by atoms with Gasteiger partial charge in [0.1, 0.15) is 18.1 Å². The maximum Gasteiger partial charge on any atom is 0.326 e. The summed E-state index contributed by atoms with van der Waals surface area (Å²) in [4.78, 5) is 62.3. The van der Waals surface area contributed by atoms with E-state index in [0.717, 1.165) is 6.42 Å². The van der Waals surface area contributed by atoms with Gasteiger partial charge < -0.3 is 31.1 Å². The third-order valence-corrected chi connectivity index (χ3v) is 6.35. The summed E-state index contributed by atoms with van der Waals surface area (Å²) in [6, 6.07) is -3.43. The number of carboxylic acid groups (broad SMARTS) is 2. The lowest BCUT2D eigenvalue weighted by Crippen LogP contribution is -2.57. The molecule has 11 nitrogen and oxygen atoms in total. The quantitative estimate of drug-likeness (QED) is 0.249. The fourth-order valence-electron chi connectivity index (χ4n) is 3.97. The largest absolute Gasteiger partial charge is 0.481 e. The summed E-state index contributed by atoms with van der Waals surface area (Å²) in [5, 5.41) is 26.7. The molecule has 4 atom stereocenters. The van der Waals surface area contributed by atoms with E-state index in [0.29, 0.717) is 44.5 Å². The number of thioether (sulfide) groups is 1. The first-order chi connectivity index (χ1) is 15.2. The monoisotopic (exact) mass is 472 g/mol. The highest BCUT2D eigenvalue weighted by molar-refractivity contribution is 7.98. The summed E-state index contributed by atoms with van der Waals surface area (Å²) < 4.78 is 0. The third kappa shape index (κ3) is 7.37. The molecule has 0 saturated carbocycles. The molecule has 4 unspecified atom stereocenters. The lowest BCUT2D eigenvalue weighted by atomic mass is 10.1. The van der Waals surface area contributed by atoms with Crippen molar-refractivity contribution in [3.63, 3.8) is 0 Å². The molecule has 2 rings (SSSR count). The second kappa shape index (κ2) is 12.6. The highest BCUT2D eigenvalue weighted by atomic mass is 32.2. The number of hydrogen-bond donors (Lipinski definition) is 5. The van der Waals surface area contributed by atoms with Crippen molar-refractivity contribution in [2.75, 3.05) is 25.1 Å². The molecule has 0 aromatic rings. The molecule has 2 heterocycles. The van der Waals surface area contributed by atoms with Gasteiger partial charge in [0.25, 0.3) is 0 Å². The SMILES string of the molecule is CSCCC(NC(=O)C(CCC(=O)O)NC(=O)C1CCCN1)C(=O)N1CCCC1C(=O)O. The number of hydrogen-bond acceptors (Lipinski definition) is 7. The van der Waals surface area contributed by atoms with Crippen LogP contribution in [0.4, 0.5) is 0 Å². The van der Waals surface area contributed by atoms with Gasteiger partial charge in [-0.25, -0.2) is 4.79 Å². The first-order valence-corrected chi connectivity index (χ1v) is 12.2. The van der Waals surface area contributed by atoms with Gasteiger partial charge in [0.05, 0.1) is 6.04 Å².